The Morgan fingerprint density at radius 1 is 1.05 bits per heavy atom. The fourth-order valence-corrected chi connectivity index (χ4v) is 2.76. The Bertz CT molecular complexity index is 593. The lowest BCUT2D eigenvalue weighted by Crippen LogP contribution is -2.17. The molecule has 22 heavy (non-hydrogen) atoms. The third kappa shape index (κ3) is 3.34. The maximum atomic E-state index is 11.8. The van der Waals surface area contributed by atoms with Gasteiger partial charge in [0.05, 0.1) is 0 Å². The van der Waals surface area contributed by atoms with Gasteiger partial charge in [-0.25, -0.2) is 0 Å². The summed E-state index contributed by atoms with van der Waals surface area (Å²) in [6, 6.07) is 4.01. The Kier molecular flexibility index (Phi) is 4.12. The minimum Gasteiger partial charge on any atom is -0.507 e. The summed E-state index contributed by atoms with van der Waals surface area (Å²) in [6.07, 6.45) is 2.71. The second kappa shape index (κ2) is 5.45. The quantitative estimate of drug-likeness (QED) is 0.773. The van der Waals surface area contributed by atoms with E-state index < -0.39 is 0 Å². The Morgan fingerprint density at radius 3 is 1.91 bits per heavy atom. The maximum Gasteiger partial charge on any atom is 0.247 e. The average molecular weight is 301 g/mol. The number of hydrogen-bond acceptors (Lipinski definition) is 2. The number of nitrogens with one attached hydrogen (secondary N) is 1. The summed E-state index contributed by atoms with van der Waals surface area (Å²) in [7, 11) is 0. The van der Waals surface area contributed by atoms with Gasteiger partial charge in [0, 0.05) is 23.2 Å². The molecule has 0 aliphatic carbocycles. The summed E-state index contributed by atoms with van der Waals surface area (Å²) in [6.45, 7) is 13.3. The molecule has 0 unspecified atom stereocenters. The molecule has 3 heteroatoms. The number of aromatic hydroxyl groups is 1. The van der Waals surface area contributed by atoms with Gasteiger partial charge in [-0.3, -0.25) is 4.79 Å². The normalized spacial score (nSPS) is 17.9. The summed E-state index contributed by atoms with van der Waals surface area (Å²) < 4.78 is 0. The van der Waals surface area contributed by atoms with Crippen LogP contribution < -0.4 is 5.32 Å². The molecule has 120 valence electrons. The molecular weight excluding hydrogens is 274 g/mol. The fraction of sp³-hybridized carbons (Fsp3) is 0.526. The highest BCUT2D eigenvalue weighted by molar-refractivity contribution is 5.99. The van der Waals surface area contributed by atoms with E-state index in [0.717, 1.165) is 28.7 Å². The van der Waals surface area contributed by atoms with Crippen molar-refractivity contribution in [1.82, 2.24) is 5.32 Å². The second-order valence-electron chi connectivity index (χ2n) is 8.14. The molecule has 0 saturated carbocycles. The number of phenolic OH excluding ortho intramolecular Hbond substituents is 1. The number of benzene rings is 1. The van der Waals surface area contributed by atoms with Crippen molar-refractivity contribution in [2.24, 2.45) is 0 Å². The molecule has 0 radical (unpaired) electrons. The van der Waals surface area contributed by atoms with Crippen LogP contribution >= 0.6 is 0 Å². The predicted molar refractivity (Wildman–Crippen MR) is 91.1 cm³/mol. The van der Waals surface area contributed by atoms with Crippen LogP contribution in [0.4, 0.5) is 0 Å². The first-order valence-electron chi connectivity index (χ1n) is 7.87. The molecule has 1 heterocycles. The third-order valence-electron chi connectivity index (χ3n) is 4.06. The predicted octanol–water partition coefficient (Wildman–Crippen LogP) is 3.89. The molecule has 1 aromatic rings. The lowest BCUT2D eigenvalue weighted by Gasteiger charge is -2.28. The highest BCUT2D eigenvalue weighted by atomic mass is 16.3. The molecule has 0 bridgehead atoms. The van der Waals surface area contributed by atoms with Gasteiger partial charge in [0.15, 0.2) is 0 Å². The number of amides is 1. The SMILES string of the molecule is CC(C)(C)c1cc(/C=C2\CCNC2=O)cc(C(C)(C)C)c1O. The minimum absolute atomic E-state index is 0.0164. The van der Waals surface area contributed by atoms with Crippen molar-refractivity contribution < 1.29 is 9.90 Å². The Hall–Kier alpha value is -1.77. The van der Waals surface area contributed by atoms with Crippen LogP contribution in [0, 0.1) is 0 Å². The highest BCUT2D eigenvalue weighted by Gasteiger charge is 2.26. The lowest BCUT2D eigenvalue weighted by atomic mass is 9.78. The highest BCUT2D eigenvalue weighted by Crippen LogP contribution is 2.40. The molecule has 1 saturated heterocycles. The number of rotatable bonds is 1. The molecule has 1 amide bonds. The fourth-order valence-electron chi connectivity index (χ4n) is 2.76. The summed E-state index contributed by atoms with van der Waals surface area (Å²) in [4.78, 5) is 11.8. The zero-order valence-corrected chi connectivity index (χ0v) is 14.5. The van der Waals surface area contributed by atoms with Crippen molar-refractivity contribution in [3.05, 3.63) is 34.4 Å². The van der Waals surface area contributed by atoms with E-state index in [4.69, 9.17) is 0 Å². The van der Waals surface area contributed by atoms with Crippen molar-refractivity contribution in [2.45, 2.75) is 58.8 Å². The van der Waals surface area contributed by atoms with E-state index in [0.29, 0.717) is 12.3 Å². The van der Waals surface area contributed by atoms with Crippen LogP contribution in [0.2, 0.25) is 0 Å². The topological polar surface area (TPSA) is 49.3 Å². The molecule has 0 spiro atoms. The van der Waals surface area contributed by atoms with Crippen molar-refractivity contribution >= 4 is 12.0 Å². The van der Waals surface area contributed by atoms with Crippen molar-refractivity contribution in [3.8, 4) is 5.75 Å². The van der Waals surface area contributed by atoms with Crippen molar-refractivity contribution in [3.63, 3.8) is 0 Å². The van der Waals surface area contributed by atoms with E-state index in [9.17, 15) is 9.90 Å². The molecule has 2 N–H and O–H groups in total. The van der Waals surface area contributed by atoms with E-state index in [1.807, 2.05) is 18.2 Å². The summed E-state index contributed by atoms with van der Waals surface area (Å²) in [5, 5.41) is 13.5. The van der Waals surface area contributed by atoms with Crippen LogP contribution in [0.3, 0.4) is 0 Å². The maximum absolute atomic E-state index is 11.8. The Morgan fingerprint density at radius 2 is 1.55 bits per heavy atom. The molecule has 1 aromatic carbocycles. The molecule has 0 atom stereocenters. The van der Waals surface area contributed by atoms with Crippen LogP contribution in [0.5, 0.6) is 5.75 Å². The van der Waals surface area contributed by atoms with Gasteiger partial charge in [-0.05, 0) is 41.0 Å². The summed E-state index contributed by atoms with van der Waals surface area (Å²) >= 11 is 0. The zero-order valence-electron chi connectivity index (χ0n) is 14.5. The average Bonchev–Trinajstić information content (AvgIpc) is 2.74. The van der Waals surface area contributed by atoms with Crippen LogP contribution in [-0.4, -0.2) is 17.6 Å². The van der Waals surface area contributed by atoms with Gasteiger partial charge >= 0.3 is 0 Å². The van der Waals surface area contributed by atoms with Gasteiger partial charge in [-0.2, -0.15) is 0 Å². The standard InChI is InChI=1S/C19H27NO2/c1-18(2,3)14-10-12(9-13-7-8-20-17(13)22)11-15(16(14)21)19(4,5)6/h9-11,21H,7-8H2,1-6H3,(H,20,22)/b13-9+. The molecule has 1 aliphatic rings. The molecular formula is C19H27NO2. The largest absolute Gasteiger partial charge is 0.507 e. The molecule has 1 fully saturated rings. The first-order valence-corrected chi connectivity index (χ1v) is 7.87. The Labute approximate surface area is 133 Å². The number of carbonyl (C=O) groups excluding carboxylic acids is 1. The zero-order chi connectivity index (χ0) is 16.7. The summed E-state index contributed by atoms with van der Waals surface area (Å²) in [5.74, 6) is 0.390. The van der Waals surface area contributed by atoms with Gasteiger partial charge < -0.3 is 10.4 Å². The van der Waals surface area contributed by atoms with E-state index in [2.05, 4.69) is 46.9 Å². The monoisotopic (exact) mass is 301 g/mol. The molecule has 2 rings (SSSR count). The van der Waals surface area contributed by atoms with Crippen LogP contribution in [0.25, 0.3) is 6.08 Å². The van der Waals surface area contributed by atoms with Crippen LogP contribution in [-0.2, 0) is 15.6 Å². The van der Waals surface area contributed by atoms with Crippen LogP contribution in [0.1, 0.15) is 64.7 Å². The Balaban J connectivity index is 2.63. The first-order chi connectivity index (χ1) is 10.00. The smallest absolute Gasteiger partial charge is 0.247 e. The third-order valence-corrected chi connectivity index (χ3v) is 4.06. The molecule has 0 aromatic heterocycles. The lowest BCUT2D eigenvalue weighted by molar-refractivity contribution is -0.116. The van der Waals surface area contributed by atoms with Crippen molar-refractivity contribution in [1.29, 1.82) is 0 Å². The van der Waals surface area contributed by atoms with E-state index in [1.165, 1.54) is 0 Å². The number of phenols is 1. The van der Waals surface area contributed by atoms with E-state index >= 15 is 0 Å². The first kappa shape index (κ1) is 16.6. The molecule has 3 nitrogen and oxygen atoms in total. The second-order valence-corrected chi connectivity index (χ2v) is 8.14. The minimum atomic E-state index is -0.156. The number of hydrogen-bond donors (Lipinski definition) is 2. The van der Waals surface area contributed by atoms with Gasteiger partial charge in [-0.15, -0.1) is 0 Å². The van der Waals surface area contributed by atoms with E-state index in [1.54, 1.807) is 0 Å². The van der Waals surface area contributed by atoms with Crippen molar-refractivity contribution in [2.75, 3.05) is 6.54 Å². The van der Waals surface area contributed by atoms with E-state index in [-0.39, 0.29) is 16.7 Å². The van der Waals surface area contributed by atoms with Gasteiger partial charge in [0.1, 0.15) is 5.75 Å². The van der Waals surface area contributed by atoms with Gasteiger partial charge in [-0.1, -0.05) is 41.5 Å². The van der Waals surface area contributed by atoms with Crippen LogP contribution in [0.15, 0.2) is 17.7 Å². The van der Waals surface area contributed by atoms with Gasteiger partial charge in [0.25, 0.3) is 0 Å². The van der Waals surface area contributed by atoms with Gasteiger partial charge in [0.2, 0.25) is 5.91 Å². The summed E-state index contributed by atoms with van der Waals surface area (Å²) in [5.41, 5.74) is 3.33. The molecule has 1 aliphatic heterocycles. The number of carbonyl (C=O) groups is 1.